The number of aromatic nitrogens is 1. The molecule has 1 aromatic heterocycles. The molecule has 0 saturated heterocycles. The van der Waals surface area contributed by atoms with Crippen molar-refractivity contribution < 1.29 is 13.5 Å². The van der Waals surface area contributed by atoms with E-state index in [0.717, 1.165) is 5.76 Å². The summed E-state index contributed by atoms with van der Waals surface area (Å²) in [6.07, 6.45) is 1.62. The zero-order valence-electron chi connectivity index (χ0n) is 9.16. The molecule has 16 heavy (non-hydrogen) atoms. The lowest BCUT2D eigenvalue weighted by atomic mass is 10.2. The fraction of sp³-hybridized carbons (Fsp3) is 0.250. The molecule has 0 atom stereocenters. The lowest BCUT2D eigenvalue weighted by molar-refractivity contribution is 0.259. The molecule has 0 aliphatic heterocycles. The Bertz CT molecular complexity index is 494. The molecule has 0 N–H and O–H groups in total. The Morgan fingerprint density at radius 2 is 2.19 bits per heavy atom. The minimum Gasteiger partial charge on any atom is -0.484 e. The van der Waals surface area contributed by atoms with Crippen LogP contribution in [0.2, 0.25) is 0 Å². The maximum Gasteiger partial charge on any atom is 0.232 e. The molecule has 0 aliphatic carbocycles. The van der Waals surface area contributed by atoms with E-state index in [1.54, 1.807) is 25.3 Å². The van der Waals surface area contributed by atoms with Gasteiger partial charge in [0, 0.05) is 6.07 Å². The van der Waals surface area contributed by atoms with Crippen LogP contribution in [-0.4, -0.2) is 4.98 Å². The van der Waals surface area contributed by atoms with Gasteiger partial charge in [0.15, 0.2) is 6.61 Å². The number of benzene rings is 1. The number of ether oxygens (including phenoxy) is 1. The summed E-state index contributed by atoms with van der Waals surface area (Å²) in [4.78, 5) is 3.99. The number of rotatable bonds is 3. The van der Waals surface area contributed by atoms with Gasteiger partial charge in [-0.3, -0.25) is 0 Å². The predicted molar refractivity (Wildman–Crippen MR) is 56.7 cm³/mol. The highest BCUT2D eigenvalue weighted by molar-refractivity contribution is 5.27. The van der Waals surface area contributed by atoms with Gasteiger partial charge in [-0.05, 0) is 25.5 Å². The average molecular weight is 221 g/mol. The molecule has 2 aromatic rings. The zero-order valence-corrected chi connectivity index (χ0v) is 9.16. The Labute approximate surface area is 92.9 Å². The maximum atomic E-state index is 13.2. The van der Waals surface area contributed by atoms with Crippen molar-refractivity contribution in [3.8, 4) is 5.75 Å². The quantitative estimate of drug-likeness (QED) is 0.799. The van der Waals surface area contributed by atoms with Crippen LogP contribution in [0.25, 0.3) is 0 Å². The van der Waals surface area contributed by atoms with Crippen molar-refractivity contribution in [2.24, 2.45) is 0 Å². The lowest BCUT2D eigenvalue weighted by Crippen LogP contribution is -1.96. The van der Waals surface area contributed by atoms with Gasteiger partial charge in [0.05, 0.1) is 6.20 Å². The Balaban J connectivity index is 2.02. The predicted octanol–water partition coefficient (Wildman–Crippen LogP) is 3.01. The number of oxazole rings is 1. The largest absolute Gasteiger partial charge is 0.484 e. The van der Waals surface area contributed by atoms with E-state index in [2.05, 4.69) is 4.98 Å². The number of nitrogens with zero attached hydrogens (tertiary/aromatic N) is 1. The highest BCUT2D eigenvalue weighted by Gasteiger charge is 2.03. The standard InChI is InChI=1S/C12H12FNO2/c1-8-3-4-10(5-11(8)13)15-7-12-14-6-9(2)16-12/h3-6H,7H2,1-2H3. The summed E-state index contributed by atoms with van der Waals surface area (Å²) in [5.41, 5.74) is 0.597. The second-order valence-corrected chi connectivity index (χ2v) is 3.56. The first kappa shape index (κ1) is 10.7. The van der Waals surface area contributed by atoms with Gasteiger partial charge >= 0.3 is 0 Å². The summed E-state index contributed by atoms with van der Waals surface area (Å²) in [7, 11) is 0. The van der Waals surface area contributed by atoms with Crippen LogP contribution in [0.4, 0.5) is 4.39 Å². The number of hydrogen-bond donors (Lipinski definition) is 0. The third kappa shape index (κ3) is 2.39. The summed E-state index contributed by atoms with van der Waals surface area (Å²) >= 11 is 0. The number of aryl methyl sites for hydroxylation is 2. The van der Waals surface area contributed by atoms with Crippen molar-refractivity contribution in [3.05, 3.63) is 47.4 Å². The first-order valence-electron chi connectivity index (χ1n) is 4.95. The second kappa shape index (κ2) is 4.35. The molecule has 1 aromatic carbocycles. The highest BCUT2D eigenvalue weighted by atomic mass is 19.1. The normalized spacial score (nSPS) is 10.4. The van der Waals surface area contributed by atoms with Crippen LogP contribution >= 0.6 is 0 Å². The van der Waals surface area contributed by atoms with Crippen LogP contribution in [0.5, 0.6) is 5.75 Å². The van der Waals surface area contributed by atoms with Gasteiger partial charge in [-0.15, -0.1) is 0 Å². The molecule has 0 amide bonds. The van der Waals surface area contributed by atoms with E-state index in [1.165, 1.54) is 6.07 Å². The Hall–Kier alpha value is -1.84. The smallest absolute Gasteiger partial charge is 0.232 e. The van der Waals surface area contributed by atoms with Gasteiger partial charge < -0.3 is 9.15 Å². The van der Waals surface area contributed by atoms with E-state index in [4.69, 9.17) is 9.15 Å². The molecule has 4 heteroatoms. The van der Waals surface area contributed by atoms with E-state index in [0.29, 0.717) is 17.2 Å². The van der Waals surface area contributed by atoms with Gasteiger partial charge in [-0.2, -0.15) is 0 Å². The van der Waals surface area contributed by atoms with E-state index in [9.17, 15) is 4.39 Å². The van der Waals surface area contributed by atoms with Crippen LogP contribution in [0.3, 0.4) is 0 Å². The molecule has 1 heterocycles. The van der Waals surface area contributed by atoms with Crippen LogP contribution in [0.1, 0.15) is 17.2 Å². The Kier molecular flexibility index (Phi) is 2.90. The van der Waals surface area contributed by atoms with Crippen molar-refractivity contribution in [2.45, 2.75) is 20.5 Å². The van der Waals surface area contributed by atoms with E-state index >= 15 is 0 Å². The molecule has 0 spiro atoms. The zero-order chi connectivity index (χ0) is 11.5. The molecule has 0 fully saturated rings. The fourth-order valence-corrected chi connectivity index (χ4v) is 1.28. The SMILES string of the molecule is Cc1cnc(COc2ccc(C)c(F)c2)o1. The summed E-state index contributed by atoms with van der Waals surface area (Å²) < 4.78 is 23.8. The molecular weight excluding hydrogens is 209 g/mol. The average Bonchev–Trinajstić information content (AvgIpc) is 2.66. The second-order valence-electron chi connectivity index (χ2n) is 3.56. The molecule has 0 saturated carbocycles. The minimum absolute atomic E-state index is 0.205. The summed E-state index contributed by atoms with van der Waals surface area (Å²) in [5.74, 6) is 1.41. The van der Waals surface area contributed by atoms with Crippen LogP contribution < -0.4 is 4.74 Å². The lowest BCUT2D eigenvalue weighted by Gasteiger charge is -2.04. The van der Waals surface area contributed by atoms with E-state index < -0.39 is 0 Å². The van der Waals surface area contributed by atoms with Crippen molar-refractivity contribution >= 4 is 0 Å². The van der Waals surface area contributed by atoms with Crippen molar-refractivity contribution in [1.82, 2.24) is 4.98 Å². The summed E-state index contributed by atoms with van der Waals surface area (Å²) in [5, 5.41) is 0. The van der Waals surface area contributed by atoms with Crippen molar-refractivity contribution in [3.63, 3.8) is 0 Å². The number of hydrogen-bond acceptors (Lipinski definition) is 3. The van der Waals surface area contributed by atoms with Crippen LogP contribution in [0.15, 0.2) is 28.8 Å². The van der Waals surface area contributed by atoms with Gasteiger partial charge in [0.25, 0.3) is 0 Å². The molecule has 0 radical (unpaired) electrons. The van der Waals surface area contributed by atoms with Gasteiger partial charge in [0.2, 0.25) is 5.89 Å². The third-order valence-electron chi connectivity index (χ3n) is 2.17. The molecule has 0 aliphatic rings. The number of halogens is 1. The summed E-state index contributed by atoms with van der Waals surface area (Å²) in [6.45, 7) is 3.72. The molecule has 3 nitrogen and oxygen atoms in total. The topological polar surface area (TPSA) is 35.3 Å². The Morgan fingerprint density at radius 1 is 1.38 bits per heavy atom. The molecule has 2 rings (SSSR count). The Morgan fingerprint density at radius 3 is 2.81 bits per heavy atom. The minimum atomic E-state index is -0.277. The van der Waals surface area contributed by atoms with Gasteiger partial charge in [0.1, 0.15) is 17.3 Å². The fourth-order valence-electron chi connectivity index (χ4n) is 1.28. The molecule has 0 bridgehead atoms. The highest BCUT2D eigenvalue weighted by Crippen LogP contribution is 2.17. The third-order valence-corrected chi connectivity index (χ3v) is 2.17. The molecular formula is C12H12FNO2. The van der Waals surface area contributed by atoms with Crippen molar-refractivity contribution in [1.29, 1.82) is 0 Å². The maximum absolute atomic E-state index is 13.2. The van der Waals surface area contributed by atoms with Crippen LogP contribution in [0, 0.1) is 19.7 Å². The van der Waals surface area contributed by atoms with Gasteiger partial charge in [-0.1, -0.05) is 6.07 Å². The first-order valence-corrected chi connectivity index (χ1v) is 4.95. The first-order chi connectivity index (χ1) is 7.65. The molecule has 0 unspecified atom stereocenters. The van der Waals surface area contributed by atoms with Crippen LogP contribution in [-0.2, 0) is 6.61 Å². The van der Waals surface area contributed by atoms with E-state index in [-0.39, 0.29) is 12.4 Å². The molecule has 84 valence electrons. The summed E-state index contributed by atoms with van der Waals surface area (Å²) in [6, 6.07) is 4.74. The monoisotopic (exact) mass is 221 g/mol. The van der Waals surface area contributed by atoms with Crippen molar-refractivity contribution in [2.75, 3.05) is 0 Å². The van der Waals surface area contributed by atoms with Gasteiger partial charge in [-0.25, -0.2) is 9.37 Å². The van der Waals surface area contributed by atoms with E-state index in [1.807, 2.05) is 6.92 Å².